The van der Waals surface area contributed by atoms with Crippen LogP contribution in [0.3, 0.4) is 0 Å². The van der Waals surface area contributed by atoms with Crippen molar-refractivity contribution in [3.63, 3.8) is 0 Å². The van der Waals surface area contributed by atoms with E-state index in [1.807, 2.05) is 0 Å². The van der Waals surface area contributed by atoms with E-state index in [4.69, 9.17) is 14.2 Å². The summed E-state index contributed by atoms with van der Waals surface area (Å²) in [6, 6.07) is 5.26. The van der Waals surface area contributed by atoms with Gasteiger partial charge in [0.25, 0.3) is 5.91 Å². The van der Waals surface area contributed by atoms with Crippen LogP contribution in [-0.2, 0) is 28.6 Å². The molecule has 200 valence electrons. The van der Waals surface area contributed by atoms with Crippen LogP contribution in [-0.4, -0.2) is 68.3 Å². The van der Waals surface area contributed by atoms with E-state index in [2.05, 4.69) is 0 Å². The molecule has 4 bridgehead atoms. The molecular formula is C28H36N2O7. The molecular weight excluding hydrogens is 476 g/mol. The Morgan fingerprint density at radius 3 is 2.08 bits per heavy atom. The average molecular weight is 513 g/mol. The molecule has 0 radical (unpaired) electrons. The Morgan fingerprint density at radius 1 is 1.00 bits per heavy atom. The molecule has 0 spiro atoms. The molecule has 0 N–H and O–H groups in total. The molecule has 1 atom stereocenters. The van der Waals surface area contributed by atoms with E-state index in [9.17, 15) is 19.2 Å². The third kappa shape index (κ3) is 4.68. The number of hydrogen-bond acceptors (Lipinski definition) is 7. The van der Waals surface area contributed by atoms with Gasteiger partial charge in [-0.3, -0.25) is 14.4 Å². The second-order valence-corrected chi connectivity index (χ2v) is 11.1. The summed E-state index contributed by atoms with van der Waals surface area (Å²) in [5.41, 5.74) is 0.226. The van der Waals surface area contributed by atoms with E-state index in [-0.39, 0.29) is 31.4 Å². The molecule has 9 nitrogen and oxygen atoms in total. The van der Waals surface area contributed by atoms with Gasteiger partial charge in [0.15, 0.2) is 6.29 Å². The Bertz CT molecular complexity index is 1030. The molecule has 1 saturated heterocycles. The summed E-state index contributed by atoms with van der Waals surface area (Å²) in [5.74, 6) is 0.348. The van der Waals surface area contributed by atoms with Crippen molar-refractivity contribution in [2.24, 2.45) is 23.2 Å². The minimum absolute atomic E-state index is 0.0450. The highest BCUT2D eigenvalue weighted by atomic mass is 16.7. The van der Waals surface area contributed by atoms with Crippen LogP contribution >= 0.6 is 0 Å². The van der Waals surface area contributed by atoms with Crippen LogP contribution in [0.2, 0.25) is 0 Å². The smallest absolute Gasteiger partial charge is 0.338 e. The maximum Gasteiger partial charge on any atom is 0.338 e. The summed E-state index contributed by atoms with van der Waals surface area (Å²) in [5, 5.41) is 0. The molecule has 1 heterocycles. The number of imide groups is 1. The van der Waals surface area contributed by atoms with Crippen LogP contribution in [0.5, 0.6) is 0 Å². The maximum absolute atomic E-state index is 14.3. The highest BCUT2D eigenvalue weighted by molar-refractivity contribution is 6.23. The molecule has 3 amide bonds. The number of rotatable bonds is 9. The minimum Gasteiger partial charge on any atom is -0.462 e. The number of carbonyl (C=O) groups excluding carboxylic acids is 4. The standard InChI is InChI=1S/C28H36N2O7/c1-4-37-26(33)20-5-7-21(8-6-20)30-23(31)12-22(25(30)32)29(16-24(35-2)36-3)27(34)28-13-17-9-18(14-28)11-19(10-17)15-28/h5-8,17-19,22,24H,4,9-16H2,1-3H3. The van der Waals surface area contributed by atoms with Crippen molar-refractivity contribution in [2.45, 2.75) is 64.2 Å². The molecule has 1 aliphatic heterocycles. The lowest BCUT2D eigenvalue weighted by atomic mass is 9.49. The fourth-order valence-electron chi connectivity index (χ4n) is 7.53. The number of hydrogen-bond donors (Lipinski definition) is 0. The summed E-state index contributed by atoms with van der Waals surface area (Å²) in [6.45, 7) is 2.05. The van der Waals surface area contributed by atoms with Gasteiger partial charge < -0.3 is 19.1 Å². The van der Waals surface area contributed by atoms with E-state index in [0.717, 1.165) is 24.2 Å². The van der Waals surface area contributed by atoms with Crippen molar-refractivity contribution in [3.05, 3.63) is 29.8 Å². The first-order valence-corrected chi connectivity index (χ1v) is 13.3. The van der Waals surface area contributed by atoms with Crippen LogP contribution in [0.4, 0.5) is 5.69 Å². The van der Waals surface area contributed by atoms with E-state index in [0.29, 0.717) is 29.0 Å². The van der Waals surface area contributed by atoms with Crippen LogP contribution in [0.15, 0.2) is 24.3 Å². The van der Waals surface area contributed by atoms with Crippen molar-refractivity contribution in [2.75, 3.05) is 32.3 Å². The number of methoxy groups -OCH3 is 2. The van der Waals surface area contributed by atoms with Gasteiger partial charge in [-0.2, -0.15) is 0 Å². The summed E-state index contributed by atoms with van der Waals surface area (Å²) < 4.78 is 15.9. The van der Waals surface area contributed by atoms with Crippen LogP contribution in [0.1, 0.15) is 62.2 Å². The molecule has 6 rings (SSSR count). The number of nitrogens with zero attached hydrogens (tertiary/aromatic N) is 2. The van der Waals surface area contributed by atoms with Gasteiger partial charge >= 0.3 is 5.97 Å². The first-order chi connectivity index (χ1) is 17.8. The van der Waals surface area contributed by atoms with Crippen LogP contribution < -0.4 is 4.90 Å². The zero-order valence-electron chi connectivity index (χ0n) is 21.8. The van der Waals surface area contributed by atoms with Gasteiger partial charge in [0, 0.05) is 14.2 Å². The van der Waals surface area contributed by atoms with Gasteiger partial charge in [0.2, 0.25) is 11.8 Å². The number of amides is 3. The first-order valence-electron chi connectivity index (χ1n) is 13.3. The molecule has 5 fully saturated rings. The SMILES string of the molecule is CCOC(=O)c1ccc(N2C(=O)CC(N(CC(OC)OC)C(=O)C34CC5CC(CC(C5)C3)C4)C2=O)cc1. The fourth-order valence-corrected chi connectivity index (χ4v) is 7.53. The van der Waals surface area contributed by atoms with Crippen molar-refractivity contribution in [1.82, 2.24) is 4.90 Å². The molecule has 37 heavy (non-hydrogen) atoms. The predicted molar refractivity (Wildman–Crippen MR) is 133 cm³/mol. The Kier molecular flexibility index (Phi) is 7.11. The highest BCUT2D eigenvalue weighted by Crippen LogP contribution is 2.60. The molecule has 1 unspecified atom stereocenters. The van der Waals surface area contributed by atoms with Gasteiger partial charge in [-0.05, 0) is 87.5 Å². The van der Waals surface area contributed by atoms with E-state index in [1.54, 1.807) is 24.0 Å². The number of carbonyl (C=O) groups is 4. The van der Waals surface area contributed by atoms with Crippen molar-refractivity contribution >= 4 is 29.4 Å². The fraction of sp³-hybridized carbons (Fsp3) is 0.643. The first kappa shape index (κ1) is 25.9. The molecule has 4 aliphatic carbocycles. The largest absolute Gasteiger partial charge is 0.462 e. The number of ether oxygens (including phenoxy) is 3. The van der Waals surface area contributed by atoms with Gasteiger partial charge in [0.05, 0.1) is 36.2 Å². The van der Waals surface area contributed by atoms with Crippen molar-refractivity contribution in [1.29, 1.82) is 0 Å². The van der Waals surface area contributed by atoms with Crippen molar-refractivity contribution < 1.29 is 33.4 Å². The molecule has 9 heteroatoms. The van der Waals surface area contributed by atoms with Crippen molar-refractivity contribution in [3.8, 4) is 0 Å². The Balaban J connectivity index is 1.41. The normalized spacial score (nSPS) is 30.3. The third-order valence-electron chi connectivity index (χ3n) is 8.76. The second kappa shape index (κ2) is 10.2. The van der Waals surface area contributed by atoms with Gasteiger partial charge in [0.1, 0.15) is 6.04 Å². The van der Waals surface area contributed by atoms with Gasteiger partial charge in [-0.25, -0.2) is 9.69 Å². The summed E-state index contributed by atoms with van der Waals surface area (Å²) in [7, 11) is 3.00. The van der Waals surface area contributed by atoms with E-state index >= 15 is 0 Å². The summed E-state index contributed by atoms with van der Waals surface area (Å²) in [6.07, 6.45) is 5.34. The lowest BCUT2D eigenvalue weighted by Crippen LogP contribution is -2.59. The molecule has 5 aliphatic rings. The summed E-state index contributed by atoms with van der Waals surface area (Å²) in [4.78, 5) is 55.8. The van der Waals surface area contributed by atoms with Gasteiger partial charge in [-0.15, -0.1) is 0 Å². The Labute approximate surface area is 217 Å². The topological polar surface area (TPSA) is 102 Å². The Hall–Kier alpha value is -2.78. The number of benzene rings is 1. The lowest BCUT2D eigenvalue weighted by molar-refractivity contribution is -0.172. The number of anilines is 1. The Morgan fingerprint density at radius 2 is 1.57 bits per heavy atom. The molecule has 4 saturated carbocycles. The quantitative estimate of drug-likeness (QED) is 0.285. The second-order valence-electron chi connectivity index (χ2n) is 11.1. The van der Waals surface area contributed by atoms with Crippen LogP contribution in [0, 0.1) is 23.2 Å². The van der Waals surface area contributed by atoms with E-state index < -0.39 is 29.6 Å². The summed E-state index contributed by atoms with van der Waals surface area (Å²) >= 11 is 0. The number of esters is 1. The molecule has 1 aromatic rings. The van der Waals surface area contributed by atoms with E-state index in [1.165, 1.54) is 45.6 Å². The molecule has 0 aromatic heterocycles. The maximum atomic E-state index is 14.3. The average Bonchev–Trinajstić information content (AvgIpc) is 3.17. The highest BCUT2D eigenvalue weighted by Gasteiger charge is 2.57. The van der Waals surface area contributed by atoms with Crippen LogP contribution in [0.25, 0.3) is 0 Å². The predicted octanol–water partition coefficient (Wildman–Crippen LogP) is 3.16. The monoisotopic (exact) mass is 512 g/mol. The zero-order chi connectivity index (χ0) is 26.3. The zero-order valence-corrected chi connectivity index (χ0v) is 21.8. The minimum atomic E-state index is -0.925. The third-order valence-corrected chi connectivity index (χ3v) is 8.76. The lowest BCUT2D eigenvalue weighted by Gasteiger charge is -2.57. The molecule has 1 aromatic carbocycles. The van der Waals surface area contributed by atoms with Gasteiger partial charge in [-0.1, -0.05) is 0 Å².